The second-order valence-corrected chi connectivity index (χ2v) is 5.06. The highest BCUT2D eigenvalue weighted by Gasteiger charge is 2.16. The van der Waals surface area contributed by atoms with E-state index in [9.17, 15) is 23.2 Å². The van der Waals surface area contributed by atoms with Crippen molar-refractivity contribution in [2.45, 2.75) is 6.54 Å². The molecule has 0 radical (unpaired) electrons. The standard InChI is InChI=1S/C16H11F2N3O4/c17-12-4-3-9(6-13(12)18)20-14(22)11-7-19-16(24)21(15(11)23)8-10-2-1-5-25-10/h1-7H,8H2,(H,19,24)(H,20,22). The molecule has 1 amide bonds. The van der Waals surface area contributed by atoms with Crippen LogP contribution in [0.25, 0.3) is 0 Å². The van der Waals surface area contributed by atoms with Crippen LogP contribution in [0.15, 0.2) is 56.8 Å². The van der Waals surface area contributed by atoms with Crippen molar-refractivity contribution in [3.8, 4) is 0 Å². The summed E-state index contributed by atoms with van der Waals surface area (Å²) in [6.07, 6.45) is 2.34. The number of anilines is 1. The summed E-state index contributed by atoms with van der Waals surface area (Å²) >= 11 is 0. The normalized spacial score (nSPS) is 10.6. The number of H-pyrrole nitrogens is 1. The minimum Gasteiger partial charge on any atom is -0.467 e. The van der Waals surface area contributed by atoms with Crippen LogP contribution < -0.4 is 16.6 Å². The van der Waals surface area contributed by atoms with Gasteiger partial charge in [-0.25, -0.2) is 13.6 Å². The Hall–Kier alpha value is -3.49. The molecule has 2 N–H and O–H groups in total. The van der Waals surface area contributed by atoms with E-state index in [2.05, 4.69) is 10.3 Å². The highest BCUT2D eigenvalue weighted by molar-refractivity contribution is 6.03. The first kappa shape index (κ1) is 16.4. The van der Waals surface area contributed by atoms with E-state index in [1.807, 2.05) is 0 Å². The summed E-state index contributed by atoms with van der Waals surface area (Å²) in [5.74, 6) is -2.73. The third-order valence-corrected chi connectivity index (χ3v) is 3.38. The molecule has 0 aliphatic heterocycles. The molecule has 0 aliphatic carbocycles. The first-order valence-corrected chi connectivity index (χ1v) is 7.07. The number of aromatic amines is 1. The topological polar surface area (TPSA) is 97.1 Å². The number of carbonyl (C=O) groups excluding carboxylic acids is 1. The Bertz CT molecular complexity index is 1040. The molecule has 0 saturated heterocycles. The van der Waals surface area contributed by atoms with Crippen LogP contribution in [0.3, 0.4) is 0 Å². The number of benzene rings is 1. The molecule has 0 saturated carbocycles. The molecule has 0 aliphatic rings. The van der Waals surface area contributed by atoms with Crippen molar-refractivity contribution < 1.29 is 18.0 Å². The van der Waals surface area contributed by atoms with E-state index < -0.39 is 28.8 Å². The lowest BCUT2D eigenvalue weighted by Gasteiger charge is -2.07. The lowest BCUT2D eigenvalue weighted by Crippen LogP contribution is -2.39. The van der Waals surface area contributed by atoms with Gasteiger partial charge in [-0.3, -0.25) is 14.2 Å². The number of carbonyl (C=O) groups is 1. The Kier molecular flexibility index (Phi) is 4.29. The molecule has 2 heterocycles. The van der Waals surface area contributed by atoms with Crippen molar-refractivity contribution in [1.82, 2.24) is 9.55 Å². The van der Waals surface area contributed by atoms with Gasteiger partial charge in [0.1, 0.15) is 11.3 Å². The number of amides is 1. The van der Waals surface area contributed by atoms with E-state index in [1.165, 1.54) is 6.26 Å². The predicted octanol–water partition coefficient (Wildman–Crippen LogP) is 1.71. The number of halogens is 2. The quantitative estimate of drug-likeness (QED) is 0.751. The average Bonchev–Trinajstić information content (AvgIpc) is 3.08. The fourth-order valence-electron chi connectivity index (χ4n) is 2.15. The molecule has 9 heteroatoms. The van der Waals surface area contributed by atoms with Crippen molar-refractivity contribution >= 4 is 11.6 Å². The number of furan rings is 1. The van der Waals surface area contributed by atoms with Gasteiger partial charge < -0.3 is 14.7 Å². The maximum atomic E-state index is 13.2. The Labute approximate surface area is 138 Å². The van der Waals surface area contributed by atoms with Crippen molar-refractivity contribution in [1.29, 1.82) is 0 Å². The van der Waals surface area contributed by atoms with Gasteiger partial charge in [0.05, 0.1) is 12.8 Å². The van der Waals surface area contributed by atoms with Crippen LogP contribution in [0, 0.1) is 11.6 Å². The zero-order valence-electron chi connectivity index (χ0n) is 12.6. The lowest BCUT2D eigenvalue weighted by atomic mass is 10.2. The second-order valence-electron chi connectivity index (χ2n) is 5.06. The van der Waals surface area contributed by atoms with Crippen LogP contribution in [-0.4, -0.2) is 15.5 Å². The maximum absolute atomic E-state index is 13.2. The number of aromatic nitrogens is 2. The number of nitrogens with one attached hydrogen (secondary N) is 2. The van der Waals surface area contributed by atoms with Crippen LogP contribution >= 0.6 is 0 Å². The van der Waals surface area contributed by atoms with Crippen LogP contribution in [-0.2, 0) is 6.54 Å². The van der Waals surface area contributed by atoms with Gasteiger partial charge in [0, 0.05) is 18.0 Å². The van der Waals surface area contributed by atoms with Crippen LogP contribution in [0.5, 0.6) is 0 Å². The molecule has 0 spiro atoms. The van der Waals surface area contributed by atoms with Gasteiger partial charge in [-0.05, 0) is 24.3 Å². The molecule has 0 fully saturated rings. The van der Waals surface area contributed by atoms with E-state index in [0.29, 0.717) is 5.76 Å². The van der Waals surface area contributed by atoms with E-state index in [-0.39, 0.29) is 17.8 Å². The fourth-order valence-corrected chi connectivity index (χ4v) is 2.15. The zero-order chi connectivity index (χ0) is 18.0. The van der Waals surface area contributed by atoms with Gasteiger partial charge in [-0.2, -0.15) is 0 Å². The number of hydrogen-bond donors (Lipinski definition) is 2. The molecule has 7 nitrogen and oxygen atoms in total. The minimum atomic E-state index is -1.14. The smallest absolute Gasteiger partial charge is 0.328 e. The molecule has 3 aromatic rings. The molecule has 3 rings (SSSR count). The molecule has 2 aromatic heterocycles. The third-order valence-electron chi connectivity index (χ3n) is 3.38. The molecule has 25 heavy (non-hydrogen) atoms. The van der Waals surface area contributed by atoms with Gasteiger partial charge in [0.2, 0.25) is 0 Å². The van der Waals surface area contributed by atoms with Gasteiger partial charge in [0.15, 0.2) is 11.6 Å². The molecule has 0 unspecified atom stereocenters. The molecule has 0 atom stereocenters. The van der Waals surface area contributed by atoms with E-state index in [0.717, 1.165) is 29.0 Å². The summed E-state index contributed by atoms with van der Waals surface area (Å²) in [6, 6.07) is 5.92. The SMILES string of the molecule is O=C(Nc1ccc(F)c(F)c1)c1c[nH]c(=O)n(Cc2ccco2)c1=O. The highest BCUT2D eigenvalue weighted by atomic mass is 19.2. The highest BCUT2D eigenvalue weighted by Crippen LogP contribution is 2.13. The summed E-state index contributed by atoms with van der Waals surface area (Å²) in [7, 11) is 0. The van der Waals surface area contributed by atoms with E-state index in [1.54, 1.807) is 12.1 Å². The van der Waals surface area contributed by atoms with Gasteiger partial charge in [-0.1, -0.05) is 0 Å². The summed E-state index contributed by atoms with van der Waals surface area (Å²) in [4.78, 5) is 38.7. The van der Waals surface area contributed by atoms with Crippen molar-refractivity contribution in [3.63, 3.8) is 0 Å². The predicted molar refractivity (Wildman–Crippen MR) is 83.4 cm³/mol. The third kappa shape index (κ3) is 3.39. The largest absolute Gasteiger partial charge is 0.467 e. The Balaban J connectivity index is 1.91. The van der Waals surface area contributed by atoms with Gasteiger partial charge >= 0.3 is 5.69 Å². The van der Waals surface area contributed by atoms with Crippen LogP contribution in [0.2, 0.25) is 0 Å². The summed E-state index contributed by atoms with van der Waals surface area (Å²) < 4.78 is 32.0. The van der Waals surface area contributed by atoms with Crippen LogP contribution in [0.4, 0.5) is 14.5 Å². The first-order valence-electron chi connectivity index (χ1n) is 7.07. The fraction of sp³-hybridized carbons (Fsp3) is 0.0625. The number of rotatable bonds is 4. The summed E-state index contributed by atoms with van der Waals surface area (Å²) in [6.45, 7) is -0.159. The van der Waals surface area contributed by atoms with Crippen molar-refractivity contribution in [2.75, 3.05) is 5.32 Å². The molecule has 1 aromatic carbocycles. The zero-order valence-corrected chi connectivity index (χ0v) is 12.6. The summed E-state index contributed by atoms with van der Waals surface area (Å²) in [5.41, 5.74) is -1.96. The minimum absolute atomic E-state index is 0.0351. The van der Waals surface area contributed by atoms with Gasteiger partial charge in [-0.15, -0.1) is 0 Å². The van der Waals surface area contributed by atoms with Crippen LogP contribution in [0.1, 0.15) is 16.1 Å². The van der Waals surface area contributed by atoms with Crippen molar-refractivity contribution in [3.05, 3.63) is 86.6 Å². The summed E-state index contributed by atoms with van der Waals surface area (Å²) in [5, 5.41) is 2.27. The lowest BCUT2D eigenvalue weighted by molar-refractivity contribution is 0.102. The van der Waals surface area contributed by atoms with E-state index >= 15 is 0 Å². The number of hydrogen-bond acceptors (Lipinski definition) is 4. The first-order chi connectivity index (χ1) is 12.0. The van der Waals surface area contributed by atoms with Gasteiger partial charge in [0.25, 0.3) is 11.5 Å². The number of nitrogens with zero attached hydrogens (tertiary/aromatic N) is 1. The molecular weight excluding hydrogens is 336 g/mol. The second kappa shape index (κ2) is 6.56. The molecule has 0 bridgehead atoms. The molecular formula is C16H11F2N3O4. The Morgan fingerprint density at radius 3 is 2.68 bits per heavy atom. The Morgan fingerprint density at radius 1 is 1.20 bits per heavy atom. The monoisotopic (exact) mass is 347 g/mol. The Morgan fingerprint density at radius 2 is 2.00 bits per heavy atom. The molecule has 128 valence electrons. The van der Waals surface area contributed by atoms with E-state index in [4.69, 9.17) is 4.42 Å². The van der Waals surface area contributed by atoms with Crippen molar-refractivity contribution in [2.24, 2.45) is 0 Å². The maximum Gasteiger partial charge on any atom is 0.328 e. The average molecular weight is 347 g/mol.